The van der Waals surface area contributed by atoms with Crippen molar-refractivity contribution in [2.75, 3.05) is 18.9 Å². The van der Waals surface area contributed by atoms with Gasteiger partial charge < -0.3 is 5.32 Å². The van der Waals surface area contributed by atoms with E-state index in [9.17, 15) is 8.42 Å². The lowest BCUT2D eigenvalue weighted by atomic mass is 10.3. The van der Waals surface area contributed by atoms with Crippen LogP contribution < -0.4 is 5.32 Å². The van der Waals surface area contributed by atoms with Gasteiger partial charge in [-0.1, -0.05) is 12.1 Å². The number of para-hydroxylation sites is 1. The van der Waals surface area contributed by atoms with E-state index in [1.165, 1.54) is 11.4 Å². The summed E-state index contributed by atoms with van der Waals surface area (Å²) in [6.07, 6.45) is 0.166. The number of hydrogen-bond donors (Lipinski definition) is 1. The number of nitriles is 1. The van der Waals surface area contributed by atoms with Crippen molar-refractivity contribution in [3.8, 4) is 6.07 Å². The van der Waals surface area contributed by atoms with Crippen molar-refractivity contribution in [3.05, 3.63) is 24.3 Å². The standard InChI is InChI=1S/C13H19N3O2S/c1-4-15-12-7-5-6-8-13(12)19(17,18)16(3)11(2)9-10-14/h5-8,11,15H,4,9H2,1-3H3. The van der Waals surface area contributed by atoms with Gasteiger partial charge in [-0.3, -0.25) is 0 Å². The molecule has 0 saturated carbocycles. The molecule has 0 aliphatic rings. The van der Waals surface area contributed by atoms with Crippen LogP contribution in [0, 0.1) is 11.3 Å². The first-order chi connectivity index (χ1) is 8.95. The van der Waals surface area contributed by atoms with Gasteiger partial charge in [0.05, 0.1) is 18.2 Å². The van der Waals surface area contributed by atoms with E-state index >= 15 is 0 Å². The number of hydrogen-bond acceptors (Lipinski definition) is 4. The van der Waals surface area contributed by atoms with Crippen LogP contribution in [-0.2, 0) is 10.0 Å². The minimum absolute atomic E-state index is 0.166. The fourth-order valence-corrected chi connectivity index (χ4v) is 3.21. The van der Waals surface area contributed by atoms with Gasteiger partial charge in [0.15, 0.2) is 0 Å². The van der Waals surface area contributed by atoms with Crippen LogP contribution in [0.3, 0.4) is 0 Å². The summed E-state index contributed by atoms with van der Waals surface area (Å²) in [5, 5.41) is 11.7. The van der Waals surface area contributed by atoms with Crippen molar-refractivity contribution in [2.24, 2.45) is 0 Å². The van der Waals surface area contributed by atoms with Crippen molar-refractivity contribution in [1.29, 1.82) is 5.26 Å². The first-order valence-corrected chi connectivity index (χ1v) is 7.57. The summed E-state index contributed by atoms with van der Waals surface area (Å²) < 4.78 is 26.3. The molecule has 19 heavy (non-hydrogen) atoms. The highest BCUT2D eigenvalue weighted by molar-refractivity contribution is 7.89. The maximum absolute atomic E-state index is 12.5. The highest BCUT2D eigenvalue weighted by atomic mass is 32.2. The second kappa shape index (κ2) is 6.55. The molecular weight excluding hydrogens is 262 g/mol. The normalized spacial score (nSPS) is 13.0. The summed E-state index contributed by atoms with van der Waals surface area (Å²) in [5.41, 5.74) is 0.584. The summed E-state index contributed by atoms with van der Waals surface area (Å²) in [7, 11) is -2.09. The van der Waals surface area contributed by atoms with Crippen LogP contribution >= 0.6 is 0 Å². The van der Waals surface area contributed by atoms with Gasteiger partial charge in [0.2, 0.25) is 10.0 Å². The Morgan fingerprint density at radius 2 is 2.05 bits per heavy atom. The predicted octanol–water partition coefficient (Wildman–Crippen LogP) is 2.04. The average Bonchev–Trinajstić information content (AvgIpc) is 2.39. The molecule has 1 N–H and O–H groups in total. The molecule has 0 heterocycles. The van der Waals surface area contributed by atoms with Gasteiger partial charge in [0, 0.05) is 19.6 Å². The molecule has 1 rings (SSSR count). The van der Waals surface area contributed by atoms with Gasteiger partial charge in [-0.15, -0.1) is 0 Å². The average molecular weight is 281 g/mol. The molecule has 1 atom stereocenters. The van der Waals surface area contributed by atoms with Gasteiger partial charge in [-0.2, -0.15) is 9.57 Å². The van der Waals surface area contributed by atoms with Crippen molar-refractivity contribution >= 4 is 15.7 Å². The Labute approximate surface area is 114 Å². The number of rotatable bonds is 6. The van der Waals surface area contributed by atoms with Crippen LogP contribution in [0.15, 0.2) is 29.2 Å². The quantitative estimate of drug-likeness (QED) is 0.866. The number of anilines is 1. The number of nitrogens with zero attached hydrogens (tertiary/aromatic N) is 2. The van der Waals surface area contributed by atoms with Crippen LogP contribution in [0.25, 0.3) is 0 Å². The van der Waals surface area contributed by atoms with Crippen LogP contribution in [0.4, 0.5) is 5.69 Å². The van der Waals surface area contributed by atoms with E-state index in [2.05, 4.69) is 5.32 Å². The van der Waals surface area contributed by atoms with Gasteiger partial charge in [0.25, 0.3) is 0 Å². The van der Waals surface area contributed by atoms with E-state index in [0.717, 1.165) is 0 Å². The van der Waals surface area contributed by atoms with Crippen molar-refractivity contribution in [3.63, 3.8) is 0 Å². The summed E-state index contributed by atoms with van der Waals surface area (Å²) in [6.45, 7) is 4.27. The van der Waals surface area contributed by atoms with Crippen molar-refractivity contribution in [2.45, 2.75) is 31.2 Å². The molecule has 0 aliphatic heterocycles. The summed E-state index contributed by atoms with van der Waals surface area (Å²) in [6, 6.07) is 8.42. The van der Waals surface area contributed by atoms with E-state index < -0.39 is 10.0 Å². The third kappa shape index (κ3) is 3.46. The molecule has 0 fully saturated rings. The summed E-state index contributed by atoms with van der Waals surface area (Å²) in [5.74, 6) is 0. The van der Waals surface area contributed by atoms with Gasteiger partial charge in [-0.05, 0) is 26.0 Å². The molecule has 0 spiro atoms. The van der Waals surface area contributed by atoms with Crippen LogP contribution in [0.2, 0.25) is 0 Å². The number of benzene rings is 1. The molecule has 0 saturated heterocycles. The molecule has 1 aromatic rings. The van der Waals surface area contributed by atoms with E-state index in [1.807, 2.05) is 13.0 Å². The molecule has 104 valence electrons. The summed E-state index contributed by atoms with van der Waals surface area (Å²) in [4.78, 5) is 0.240. The number of sulfonamides is 1. The fourth-order valence-electron chi connectivity index (χ4n) is 1.68. The molecule has 0 bridgehead atoms. The molecule has 0 radical (unpaired) electrons. The minimum atomic E-state index is -3.59. The molecular formula is C13H19N3O2S. The second-order valence-electron chi connectivity index (χ2n) is 4.26. The smallest absolute Gasteiger partial charge is 0.245 e. The SMILES string of the molecule is CCNc1ccccc1S(=O)(=O)N(C)C(C)CC#N. The largest absolute Gasteiger partial charge is 0.384 e. The van der Waals surface area contributed by atoms with E-state index in [1.54, 1.807) is 31.2 Å². The van der Waals surface area contributed by atoms with Crippen LogP contribution in [0.5, 0.6) is 0 Å². The number of nitrogens with one attached hydrogen (secondary N) is 1. The maximum Gasteiger partial charge on any atom is 0.245 e. The molecule has 6 heteroatoms. The maximum atomic E-state index is 12.5. The fraction of sp³-hybridized carbons (Fsp3) is 0.462. The van der Waals surface area contributed by atoms with Crippen molar-refractivity contribution < 1.29 is 8.42 Å². The highest BCUT2D eigenvalue weighted by Gasteiger charge is 2.27. The Morgan fingerprint density at radius 3 is 2.63 bits per heavy atom. The lowest BCUT2D eigenvalue weighted by molar-refractivity contribution is 0.393. The monoisotopic (exact) mass is 281 g/mol. The topological polar surface area (TPSA) is 73.2 Å². The minimum Gasteiger partial charge on any atom is -0.384 e. The Hall–Kier alpha value is -1.58. The van der Waals surface area contributed by atoms with Gasteiger partial charge in [-0.25, -0.2) is 8.42 Å². The third-order valence-electron chi connectivity index (χ3n) is 2.92. The zero-order chi connectivity index (χ0) is 14.5. The molecule has 0 amide bonds. The molecule has 1 aromatic carbocycles. The summed E-state index contributed by atoms with van der Waals surface area (Å²) >= 11 is 0. The Morgan fingerprint density at radius 1 is 1.42 bits per heavy atom. The first kappa shape index (κ1) is 15.5. The Bertz CT molecular complexity index is 563. The van der Waals surface area contributed by atoms with E-state index in [-0.39, 0.29) is 17.4 Å². The zero-order valence-corrected chi connectivity index (χ0v) is 12.2. The zero-order valence-electron chi connectivity index (χ0n) is 11.4. The Balaban J connectivity index is 3.17. The molecule has 5 nitrogen and oxygen atoms in total. The third-order valence-corrected chi connectivity index (χ3v) is 4.95. The Kier molecular flexibility index (Phi) is 5.33. The molecule has 0 aromatic heterocycles. The van der Waals surface area contributed by atoms with Crippen molar-refractivity contribution in [1.82, 2.24) is 4.31 Å². The van der Waals surface area contributed by atoms with E-state index in [4.69, 9.17) is 5.26 Å². The van der Waals surface area contributed by atoms with Gasteiger partial charge >= 0.3 is 0 Å². The van der Waals surface area contributed by atoms with Gasteiger partial charge in [0.1, 0.15) is 4.90 Å². The predicted molar refractivity (Wildman–Crippen MR) is 75.2 cm³/mol. The second-order valence-corrected chi connectivity index (χ2v) is 6.22. The van der Waals surface area contributed by atoms with Crippen LogP contribution in [-0.4, -0.2) is 32.4 Å². The highest BCUT2D eigenvalue weighted by Crippen LogP contribution is 2.25. The molecule has 1 unspecified atom stereocenters. The first-order valence-electron chi connectivity index (χ1n) is 6.13. The molecule has 0 aliphatic carbocycles. The lowest BCUT2D eigenvalue weighted by Gasteiger charge is -2.23. The van der Waals surface area contributed by atoms with Crippen LogP contribution in [0.1, 0.15) is 20.3 Å². The van der Waals surface area contributed by atoms with E-state index in [0.29, 0.717) is 12.2 Å². The lowest BCUT2D eigenvalue weighted by Crippen LogP contribution is -2.35.